The van der Waals surface area contributed by atoms with Gasteiger partial charge in [0.2, 0.25) is 0 Å². The van der Waals surface area contributed by atoms with Crippen molar-refractivity contribution in [2.45, 2.75) is 322 Å². The summed E-state index contributed by atoms with van der Waals surface area (Å²) in [4.78, 5) is 37.6. The van der Waals surface area contributed by atoms with Gasteiger partial charge in [-0.25, -0.2) is 0 Å². The van der Waals surface area contributed by atoms with E-state index in [0.717, 1.165) is 128 Å². The van der Waals surface area contributed by atoms with E-state index in [1.807, 2.05) is 21.1 Å². The Morgan fingerprint density at radius 1 is 0.316 bits per heavy atom. The molecule has 0 bridgehead atoms. The lowest BCUT2D eigenvalue weighted by atomic mass is 10.0. The molecule has 2 unspecified atom stereocenters. The monoisotopic (exact) mass is 1320 g/mol. The third-order valence-electron chi connectivity index (χ3n) is 16.3. The molecule has 0 N–H and O–H groups in total. The zero-order valence-electron chi connectivity index (χ0n) is 61.7. The fourth-order valence-corrected chi connectivity index (χ4v) is 10.5. The van der Waals surface area contributed by atoms with Crippen molar-refractivity contribution in [2.24, 2.45) is 0 Å². The highest BCUT2D eigenvalue weighted by Gasteiger charge is 2.22. The number of hydrogen-bond donors (Lipinski definition) is 0. The molecule has 0 amide bonds. The van der Waals surface area contributed by atoms with Crippen molar-refractivity contribution in [3.05, 3.63) is 158 Å². The van der Waals surface area contributed by atoms with E-state index in [9.17, 15) is 19.5 Å². The van der Waals surface area contributed by atoms with Gasteiger partial charge in [0.1, 0.15) is 13.2 Å². The molecule has 0 aromatic heterocycles. The minimum absolute atomic E-state index is 0.139. The highest BCUT2D eigenvalue weighted by atomic mass is 16.7. The van der Waals surface area contributed by atoms with Crippen molar-refractivity contribution < 1.29 is 42.9 Å². The number of allylic oxidation sites excluding steroid dienone is 26. The predicted molar refractivity (Wildman–Crippen MR) is 407 cm³/mol. The van der Waals surface area contributed by atoms with Crippen LogP contribution in [0.25, 0.3) is 0 Å². The number of ether oxygens (including phenoxy) is 4. The van der Waals surface area contributed by atoms with Gasteiger partial charge in [-0.3, -0.25) is 9.59 Å². The van der Waals surface area contributed by atoms with E-state index in [0.29, 0.717) is 17.4 Å². The van der Waals surface area contributed by atoms with Crippen LogP contribution >= 0.6 is 0 Å². The van der Waals surface area contributed by atoms with Crippen molar-refractivity contribution in [3.63, 3.8) is 0 Å². The van der Waals surface area contributed by atoms with Crippen LogP contribution in [0.15, 0.2) is 158 Å². The zero-order chi connectivity index (χ0) is 69.0. The first-order valence-corrected chi connectivity index (χ1v) is 38.6. The number of hydrogen-bond acceptors (Lipinski definition) is 8. The number of aliphatic carboxylic acids is 1. The van der Waals surface area contributed by atoms with Gasteiger partial charge in [-0.15, -0.1) is 0 Å². The van der Waals surface area contributed by atoms with Crippen molar-refractivity contribution in [1.29, 1.82) is 0 Å². The Morgan fingerprint density at radius 2 is 0.568 bits per heavy atom. The van der Waals surface area contributed by atoms with E-state index < -0.39 is 24.3 Å². The number of unbranched alkanes of at least 4 members (excludes halogenated alkanes) is 29. The van der Waals surface area contributed by atoms with Crippen LogP contribution in [0.2, 0.25) is 0 Å². The fraction of sp³-hybridized carbons (Fsp3) is 0.663. The van der Waals surface area contributed by atoms with Crippen LogP contribution < -0.4 is 5.11 Å². The van der Waals surface area contributed by atoms with Gasteiger partial charge in [-0.05, 0) is 122 Å². The summed E-state index contributed by atoms with van der Waals surface area (Å²) in [7, 11) is 5.93. The highest BCUT2D eigenvalue weighted by Crippen LogP contribution is 2.18. The summed E-state index contributed by atoms with van der Waals surface area (Å²) in [5.41, 5.74) is 0. The standard InChI is InChI=1S/C86H143NO8/c1-6-8-10-12-14-16-18-20-22-24-26-28-30-32-34-36-38-40-42-44-46-48-50-52-54-56-58-60-62-64-66-68-70-72-74-76-83(88)93-80-82(81-94-86(85(90)91)92-79-78-87(3,4)5)95-84(89)77-75-73-71-69-67-65-63-61-59-57-55-53-51-49-47-45-43-41-39-37-35-33-31-29-27-25-23-21-19-17-15-13-11-9-7-2/h8-11,14-17,20-23,26-29,33,35,39,41,45,47,51,53,57,59,82,86H,6-7,12-13,18-19,24-25,30-32,34,36-38,40,42-44,46,48-50,52,54-56,58,60-81H2,1-5H3/b10-8-,11-9-,16-14-,17-15-,22-20-,23-21-,28-26-,29-27-,35-33-,41-39-,47-45-,53-51-,59-57-. The average Bonchev–Trinajstić information content (AvgIpc) is 3.58. The van der Waals surface area contributed by atoms with Crippen LogP contribution in [0.1, 0.15) is 309 Å². The summed E-state index contributed by atoms with van der Waals surface area (Å²) < 4.78 is 22.8. The lowest BCUT2D eigenvalue weighted by Crippen LogP contribution is -2.44. The first kappa shape index (κ1) is 89.9. The summed E-state index contributed by atoms with van der Waals surface area (Å²) in [6, 6.07) is 0. The zero-order valence-corrected chi connectivity index (χ0v) is 61.7. The minimum atomic E-state index is -1.63. The average molecular weight is 1320 g/mol. The van der Waals surface area contributed by atoms with E-state index in [1.165, 1.54) is 148 Å². The van der Waals surface area contributed by atoms with Crippen LogP contribution in [0.3, 0.4) is 0 Å². The number of esters is 2. The van der Waals surface area contributed by atoms with Crippen molar-refractivity contribution in [3.8, 4) is 0 Å². The molecule has 0 saturated heterocycles. The number of carbonyl (C=O) groups excluding carboxylic acids is 3. The molecule has 0 spiro atoms. The molecular formula is C86H143NO8. The lowest BCUT2D eigenvalue weighted by Gasteiger charge is -2.26. The van der Waals surface area contributed by atoms with Crippen LogP contribution in [-0.2, 0) is 33.3 Å². The van der Waals surface area contributed by atoms with Crippen LogP contribution in [-0.4, -0.2) is 82.3 Å². The first-order valence-electron chi connectivity index (χ1n) is 38.6. The largest absolute Gasteiger partial charge is 0.545 e. The van der Waals surface area contributed by atoms with Gasteiger partial charge < -0.3 is 33.3 Å². The third kappa shape index (κ3) is 76.1. The Kier molecular flexibility index (Phi) is 70.7. The number of likely N-dealkylation sites (N-methyl/N-ethyl adjacent to an activating group) is 1. The molecule has 2 atom stereocenters. The second kappa shape index (κ2) is 74.7. The molecule has 0 aromatic rings. The number of carbonyl (C=O) groups is 3. The van der Waals surface area contributed by atoms with E-state index >= 15 is 0 Å². The Hall–Kier alpha value is -5.09. The number of quaternary nitrogens is 1. The van der Waals surface area contributed by atoms with Gasteiger partial charge in [0, 0.05) is 12.8 Å². The van der Waals surface area contributed by atoms with Gasteiger partial charge in [0.25, 0.3) is 0 Å². The smallest absolute Gasteiger partial charge is 0.306 e. The summed E-state index contributed by atoms with van der Waals surface area (Å²) in [6.45, 7) is 4.52. The van der Waals surface area contributed by atoms with E-state index in [1.54, 1.807) is 0 Å². The Balaban J connectivity index is 4.11. The fourth-order valence-electron chi connectivity index (χ4n) is 10.5. The van der Waals surface area contributed by atoms with E-state index in [4.69, 9.17) is 18.9 Å². The van der Waals surface area contributed by atoms with Crippen LogP contribution in [0, 0.1) is 0 Å². The SMILES string of the molecule is CC/C=C\C/C=C\C/C=C\C/C=C\C/C=C\C/C=C\C/C=C\C/C=C\C/C=C\CCCCCCCCCC(=O)OC(COC(=O)CCCCCCCCCCCCCCCCCCCCCCCC/C=C\C/C=C\C/C=C\C/C=C\CC)COC(OCC[N+](C)(C)C)C(=O)[O-]. The maximum atomic E-state index is 13.0. The van der Waals surface area contributed by atoms with Crippen LogP contribution in [0.4, 0.5) is 0 Å². The summed E-state index contributed by atoms with van der Waals surface area (Å²) in [5, 5.41) is 11.9. The molecule has 0 heterocycles. The Bertz CT molecular complexity index is 2130. The number of nitrogens with zero attached hydrogens (tertiary/aromatic N) is 1. The highest BCUT2D eigenvalue weighted by molar-refractivity contribution is 5.70. The van der Waals surface area contributed by atoms with E-state index in [2.05, 4.69) is 172 Å². The van der Waals surface area contributed by atoms with Gasteiger partial charge >= 0.3 is 11.9 Å². The summed E-state index contributed by atoms with van der Waals surface area (Å²) >= 11 is 0. The number of carboxylic acids is 1. The first-order chi connectivity index (χ1) is 46.6. The maximum absolute atomic E-state index is 13.0. The normalized spacial score (nSPS) is 13.6. The second-order valence-electron chi connectivity index (χ2n) is 26.5. The molecule has 0 saturated carbocycles. The molecule has 9 heteroatoms. The molecule has 0 aliphatic rings. The van der Waals surface area contributed by atoms with Crippen molar-refractivity contribution in [1.82, 2.24) is 0 Å². The van der Waals surface area contributed by atoms with Gasteiger partial charge in [0.15, 0.2) is 12.4 Å². The quantitative estimate of drug-likeness (QED) is 0.0195. The molecule has 9 nitrogen and oxygen atoms in total. The molecule has 0 fully saturated rings. The maximum Gasteiger partial charge on any atom is 0.306 e. The molecule has 0 radical (unpaired) electrons. The van der Waals surface area contributed by atoms with E-state index in [-0.39, 0.29) is 38.6 Å². The molecule has 95 heavy (non-hydrogen) atoms. The second-order valence-corrected chi connectivity index (χ2v) is 26.5. The summed E-state index contributed by atoms with van der Waals surface area (Å²) in [5.74, 6) is -2.30. The molecule has 0 aliphatic carbocycles. The molecule has 0 aliphatic heterocycles. The van der Waals surface area contributed by atoms with Gasteiger partial charge in [-0.2, -0.15) is 0 Å². The van der Waals surface area contributed by atoms with Gasteiger partial charge in [-0.1, -0.05) is 332 Å². The molecule has 540 valence electrons. The Morgan fingerprint density at radius 3 is 0.842 bits per heavy atom. The van der Waals surface area contributed by atoms with Gasteiger partial charge in [0.05, 0.1) is 40.3 Å². The molecular weight excluding hydrogens is 1170 g/mol. The molecule has 0 rings (SSSR count). The van der Waals surface area contributed by atoms with Crippen molar-refractivity contribution in [2.75, 3.05) is 47.5 Å². The van der Waals surface area contributed by atoms with Crippen LogP contribution in [0.5, 0.6) is 0 Å². The minimum Gasteiger partial charge on any atom is -0.545 e. The predicted octanol–water partition coefficient (Wildman–Crippen LogP) is 23.5. The summed E-state index contributed by atoms with van der Waals surface area (Å²) in [6.07, 6.45) is 108. The molecule has 0 aromatic carbocycles. The van der Waals surface area contributed by atoms with Crippen molar-refractivity contribution >= 4 is 17.9 Å². The third-order valence-corrected chi connectivity index (χ3v) is 16.3. The number of carboxylic acid groups (broad SMARTS) is 1. The lowest BCUT2D eigenvalue weighted by molar-refractivity contribution is -0.870. The number of rotatable bonds is 70. The Labute approximate surface area is 584 Å². The topological polar surface area (TPSA) is 111 Å².